The number of fused-ring (bicyclic) bond motifs is 1. The molecule has 146 valence electrons. The average Bonchev–Trinajstić information content (AvgIpc) is 3.11. The molecule has 0 saturated heterocycles. The van der Waals surface area contributed by atoms with E-state index in [-0.39, 0.29) is 10.8 Å². The molecule has 0 bridgehead atoms. The fourth-order valence-electron chi connectivity index (χ4n) is 3.19. The van der Waals surface area contributed by atoms with Crippen molar-refractivity contribution in [2.75, 3.05) is 12.3 Å². The maximum absolute atomic E-state index is 13.8. The van der Waals surface area contributed by atoms with Crippen molar-refractivity contribution < 1.29 is 9.13 Å². The standard InChI is InChI=1S/C19H18Cl2FN5O/c1-10(17-13(20)2-3-14(22)18(17)21)28-16-6-11(8-25-19(16)23)15-7-12-9-24-4-5-27(12)26-15/h2-3,6-8,10,24H,4-5,9H2,1H3,(H2,23,25). The van der Waals surface area contributed by atoms with Gasteiger partial charge in [0.15, 0.2) is 11.6 Å². The van der Waals surface area contributed by atoms with Crippen LogP contribution in [0.1, 0.15) is 24.3 Å². The first-order valence-corrected chi connectivity index (χ1v) is 9.53. The smallest absolute Gasteiger partial charge is 0.166 e. The van der Waals surface area contributed by atoms with Crippen molar-refractivity contribution >= 4 is 29.0 Å². The van der Waals surface area contributed by atoms with Crippen molar-refractivity contribution in [1.82, 2.24) is 20.1 Å². The summed E-state index contributed by atoms with van der Waals surface area (Å²) in [6.45, 7) is 4.19. The molecule has 1 aliphatic heterocycles. The summed E-state index contributed by atoms with van der Waals surface area (Å²) in [6, 6.07) is 6.43. The van der Waals surface area contributed by atoms with E-state index in [2.05, 4.69) is 15.4 Å². The third-order valence-corrected chi connectivity index (χ3v) is 5.35. The Morgan fingerprint density at radius 1 is 1.32 bits per heavy atom. The van der Waals surface area contributed by atoms with Crippen molar-refractivity contribution in [3.05, 3.63) is 57.6 Å². The van der Waals surface area contributed by atoms with Crippen LogP contribution in [-0.2, 0) is 13.1 Å². The van der Waals surface area contributed by atoms with Gasteiger partial charge in [-0.05, 0) is 31.2 Å². The molecule has 3 N–H and O–H groups in total. The summed E-state index contributed by atoms with van der Waals surface area (Å²) in [5.74, 6) is 0.00365. The summed E-state index contributed by atoms with van der Waals surface area (Å²) in [4.78, 5) is 4.22. The van der Waals surface area contributed by atoms with Gasteiger partial charge in [0.1, 0.15) is 11.9 Å². The lowest BCUT2D eigenvalue weighted by molar-refractivity contribution is 0.227. The molecule has 0 fully saturated rings. The van der Waals surface area contributed by atoms with E-state index >= 15 is 0 Å². The second-order valence-corrected chi connectivity index (χ2v) is 7.33. The fourth-order valence-corrected chi connectivity index (χ4v) is 3.87. The van der Waals surface area contributed by atoms with Crippen LogP contribution in [0.2, 0.25) is 10.0 Å². The number of halogens is 3. The van der Waals surface area contributed by atoms with E-state index in [0.29, 0.717) is 16.3 Å². The zero-order valence-corrected chi connectivity index (χ0v) is 16.6. The normalized spacial score (nSPS) is 14.6. The van der Waals surface area contributed by atoms with Crippen molar-refractivity contribution in [1.29, 1.82) is 0 Å². The number of anilines is 1. The molecule has 1 unspecified atom stereocenters. The van der Waals surface area contributed by atoms with Crippen LogP contribution in [0.5, 0.6) is 5.75 Å². The number of ether oxygens (including phenoxy) is 1. The van der Waals surface area contributed by atoms with Crippen LogP contribution in [-0.4, -0.2) is 21.3 Å². The van der Waals surface area contributed by atoms with Crippen LogP contribution in [0.25, 0.3) is 11.3 Å². The molecule has 0 radical (unpaired) electrons. The first-order valence-electron chi connectivity index (χ1n) is 8.77. The number of nitrogens with one attached hydrogen (secondary N) is 1. The zero-order chi connectivity index (χ0) is 19.8. The van der Waals surface area contributed by atoms with Crippen LogP contribution in [0.15, 0.2) is 30.5 Å². The quantitative estimate of drug-likeness (QED) is 0.616. The molecule has 1 aliphatic rings. The van der Waals surface area contributed by atoms with Gasteiger partial charge in [0.05, 0.1) is 23.0 Å². The van der Waals surface area contributed by atoms with E-state index in [1.54, 1.807) is 19.2 Å². The van der Waals surface area contributed by atoms with E-state index in [1.165, 1.54) is 12.1 Å². The second kappa shape index (κ2) is 7.58. The predicted octanol–water partition coefficient (Wildman–Crippen LogP) is 4.22. The number of nitrogen functional groups attached to an aromatic ring is 1. The number of rotatable bonds is 4. The molecule has 3 aromatic rings. The first kappa shape index (κ1) is 19.0. The molecular weight excluding hydrogens is 404 g/mol. The molecule has 4 rings (SSSR count). The number of benzene rings is 1. The third kappa shape index (κ3) is 3.53. The summed E-state index contributed by atoms with van der Waals surface area (Å²) in [7, 11) is 0. The van der Waals surface area contributed by atoms with Gasteiger partial charge < -0.3 is 15.8 Å². The average molecular weight is 422 g/mol. The molecule has 0 aliphatic carbocycles. The predicted molar refractivity (Wildman–Crippen MR) is 107 cm³/mol. The summed E-state index contributed by atoms with van der Waals surface area (Å²) in [6.07, 6.45) is 1.02. The van der Waals surface area contributed by atoms with Gasteiger partial charge in [-0.15, -0.1) is 0 Å². The largest absolute Gasteiger partial charge is 0.482 e. The minimum absolute atomic E-state index is 0.0723. The van der Waals surface area contributed by atoms with Crippen molar-refractivity contribution in [3.63, 3.8) is 0 Å². The number of hydrogen-bond acceptors (Lipinski definition) is 5. The summed E-state index contributed by atoms with van der Waals surface area (Å²) in [5.41, 5.74) is 9.00. The molecule has 1 aromatic carbocycles. The highest BCUT2D eigenvalue weighted by Gasteiger charge is 2.21. The molecule has 0 saturated carbocycles. The molecule has 6 nitrogen and oxygen atoms in total. The molecule has 1 atom stereocenters. The third-order valence-electron chi connectivity index (χ3n) is 4.64. The molecule has 3 heterocycles. The minimum Gasteiger partial charge on any atom is -0.482 e. The number of pyridine rings is 1. The van der Waals surface area contributed by atoms with Crippen LogP contribution < -0.4 is 15.8 Å². The highest BCUT2D eigenvalue weighted by atomic mass is 35.5. The highest BCUT2D eigenvalue weighted by molar-refractivity contribution is 6.36. The SMILES string of the molecule is CC(Oc1cc(-c2cc3n(n2)CCNC3)cnc1N)c1c(Cl)ccc(F)c1Cl. The van der Waals surface area contributed by atoms with Crippen LogP contribution in [0, 0.1) is 5.82 Å². The van der Waals surface area contributed by atoms with E-state index in [4.69, 9.17) is 33.7 Å². The van der Waals surface area contributed by atoms with Crippen LogP contribution >= 0.6 is 23.2 Å². The Morgan fingerprint density at radius 3 is 2.93 bits per heavy atom. The Morgan fingerprint density at radius 2 is 2.14 bits per heavy atom. The Labute approximate surface area is 171 Å². The van der Waals surface area contributed by atoms with E-state index in [0.717, 1.165) is 36.6 Å². The summed E-state index contributed by atoms with van der Waals surface area (Å²) < 4.78 is 21.7. The fraction of sp³-hybridized carbons (Fsp3) is 0.263. The van der Waals surface area contributed by atoms with Gasteiger partial charge in [-0.2, -0.15) is 5.10 Å². The lowest BCUT2D eigenvalue weighted by Crippen LogP contribution is -2.28. The molecule has 2 aromatic heterocycles. The van der Waals surface area contributed by atoms with E-state index < -0.39 is 11.9 Å². The Hall–Kier alpha value is -2.35. The van der Waals surface area contributed by atoms with Crippen molar-refractivity contribution in [2.45, 2.75) is 26.1 Å². The van der Waals surface area contributed by atoms with E-state index in [9.17, 15) is 4.39 Å². The van der Waals surface area contributed by atoms with Gasteiger partial charge in [-0.1, -0.05) is 23.2 Å². The molecule has 0 amide bonds. The number of hydrogen-bond donors (Lipinski definition) is 2. The van der Waals surface area contributed by atoms with Gasteiger partial charge in [0.2, 0.25) is 0 Å². The number of nitrogens with two attached hydrogens (primary N) is 1. The lowest BCUT2D eigenvalue weighted by Gasteiger charge is -2.19. The molecule has 0 spiro atoms. The molecular formula is C19H18Cl2FN5O. The highest BCUT2D eigenvalue weighted by Crippen LogP contribution is 2.36. The summed E-state index contributed by atoms with van der Waals surface area (Å²) in [5, 5.41) is 8.17. The minimum atomic E-state index is -0.630. The van der Waals surface area contributed by atoms with Gasteiger partial charge in [-0.25, -0.2) is 9.37 Å². The Kier molecular flexibility index (Phi) is 5.14. The van der Waals surface area contributed by atoms with Crippen molar-refractivity contribution in [3.8, 4) is 17.0 Å². The zero-order valence-electron chi connectivity index (χ0n) is 15.0. The van der Waals surface area contributed by atoms with Gasteiger partial charge in [0, 0.05) is 35.4 Å². The number of aromatic nitrogens is 3. The van der Waals surface area contributed by atoms with Crippen LogP contribution in [0.4, 0.5) is 10.2 Å². The van der Waals surface area contributed by atoms with Crippen molar-refractivity contribution in [2.24, 2.45) is 0 Å². The molecule has 9 heteroatoms. The monoisotopic (exact) mass is 421 g/mol. The van der Waals surface area contributed by atoms with Gasteiger partial charge in [-0.3, -0.25) is 4.68 Å². The Balaban J connectivity index is 1.65. The first-order chi connectivity index (χ1) is 13.4. The van der Waals surface area contributed by atoms with Gasteiger partial charge >= 0.3 is 0 Å². The number of nitrogens with zero attached hydrogens (tertiary/aromatic N) is 3. The van der Waals surface area contributed by atoms with Gasteiger partial charge in [0.25, 0.3) is 0 Å². The van der Waals surface area contributed by atoms with E-state index in [1.807, 2.05) is 10.7 Å². The topological polar surface area (TPSA) is 78.0 Å². The Bertz CT molecular complexity index is 1020. The maximum atomic E-state index is 13.8. The maximum Gasteiger partial charge on any atom is 0.166 e. The lowest BCUT2D eigenvalue weighted by atomic mass is 10.1. The summed E-state index contributed by atoms with van der Waals surface area (Å²) >= 11 is 12.3. The van der Waals surface area contributed by atoms with Crippen LogP contribution in [0.3, 0.4) is 0 Å². The molecule has 28 heavy (non-hydrogen) atoms. The second-order valence-electron chi connectivity index (χ2n) is 6.55.